The molecular weight excluding hydrogens is 391 g/mol. The number of nitrogens with one attached hydrogen (secondary N) is 3. The largest absolute Gasteiger partial charge is 0.381 e. The maximum Gasteiger partial charge on any atom is 0.263 e. The third-order valence-electron chi connectivity index (χ3n) is 4.48. The van der Waals surface area contributed by atoms with Crippen molar-refractivity contribution in [3.8, 4) is 0 Å². The smallest absolute Gasteiger partial charge is 0.263 e. The van der Waals surface area contributed by atoms with E-state index >= 15 is 0 Å². The van der Waals surface area contributed by atoms with E-state index in [0.29, 0.717) is 28.8 Å². The van der Waals surface area contributed by atoms with Crippen molar-refractivity contribution in [2.75, 3.05) is 17.2 Å². The van der Waals surface area contributed by atoms with Crippen molar-refractivity contribution >= 4 is 56.4 Å². The number of anilines is 2. The summed E-state index contributed by atoms with van der Waals surface area (Å²) in [6, 6.07) is 5.04. The molecule has 2 aromatic heterocycles. The lowest BCUT2D eigenvalue weighted by Crippen LogP contribution is -2.34. The topological polar surface area (TPSA) is 91.3 Å². The van der Waals surface area contributed by atoms with E-state index in [1.165, 1.54) is 17.4 Å². The van der Waals surface area contributed by atoms with E-state index in [1.807, 2.05) is 19.1 Å². The summed E-state index contributed by atoms with van der Waals surface area (Å²) in [5.41, 5.74) is 2.32. The number of halogens is 1. The molecule has 0 fully saturated rings. The van der Waals surface area contributed by atoms with E-state index in [4.69, 9.17) is 0 Å². The zero-order valence-corrected chi connectivity index (χ0v) is 16.7. The van der Waals surface area contributed by atoms with Crippen LogP contribution in [0.5, 0.6) is 0 Å². The SMILES string of the molecule is C=Cc1c(/N=C(\C)Nc2cc(F)ncn2)ccc2sc3c(c12)NC[C@@H](C)NC3=O. The average molecular weight is 410 g/mol. The molecule has 0 saturated carbocycles. The van der Waals surface area contributed by atoms with Gasteiger partial charge in [-0.2, -0.15) is 4.39 Å². The number of carbonyl (C=O) groups is 1. The first-order chi connectivity index (χ1) is 14.0. The van der Waals surface area contributed by atoms with Gasteiger partial charge in [-0.25, -0.2) is 15.0 Å². The van der Waals surface area contributed by atoms with Crippen molar-refractivity contribution in [1.29, 1.82) is 0 Å². The summed E-state index contributed by atoms with van der Waals surface area (Å²) in [5.74, 6) is 0.147. The number of benzene rings is 1. The summed E-state index contributed by atoms with van der Waals surface area (Å²) in [4.78, 5) is 25.2. The third-order valence-corrected chi connectivity index (χ3v) is 5.63. The monoisotopic (exact) mass is 410 g/mol. The van der Waals surface area contributed by atoms with Crippen LogP contribution in [0, 0.1) is 5.95 Å². The fourth-order valence-electron chi connectivity index (χ4n) is 3.23. The van der Waals surface area contributed by atoms with Crippen LogP contribution >= 0.6 is 11.3 Å². The second-order valence-electron chi connectivity index (χ2n) is 6.69. The molecule has 1 aliphatic rings. The fraction of sp³-hybridized carbons (Fsp3) is 0.200. The number of thiophene rings is 1. The van der Waals surface area contributed by atoms with Gasteiger partial charge in [0.05, 0.1) is 11.4 Å². The lowest BCUT2D eigenvalue weighted by atomic mass is 10.1. The van der Waals surface area contributed by atoms with Crippen LogP contribution in [0.15, 0.2) is 36.1 Å². The number of fused-ring (bicyclic) bond motifs is 3. The maximum absolute atomic E-state index is 13.3. The number of hydrogen-bond donors (Lipinski definition) is 3. The predicted octanol–water partition coefficient (Wildman–Crippen LogP) is 4.18. The lowest BCUT2D eigenvalue weighted by Gasteiger charge is -2.11. The fourth-order valence-corrected chi connectivity index (χ4v) is 4.33. The summed E-state index contributed by atoms with van der Waals surface area (Å²) >= 11 is 1.44. The molecule has 0 bridgehead atoms. The van der Waals surface area contributed by atoms with Crippen LogP contribution in [-0.2, 0) is 0 Å². The van der Waals surface area contributed by atoms with Crippen LogP contribution in [0.25, 0.3) is 16.2 Å². The molecule has 148 valence electrons. The molecule has 1 atom stereocenters. The minimum Gasteiger partial charge on any atom is -0.381 e. The molecular formula is C20H19FN6OS. The molecule has 4 rings (SSSR count). The van der Waals surface area contributed by atoms with E-state index in [0.717, 1.165) is 27.7 Å². The zero-order valence-electron chi connectivity index (χ0n) is 15.9. The Bertz CT molecular complexity index is 1160. The van der Waals surface area contributed by atoms with Gasteiger partial charge >= 0.3 is 0 Å². The van der Waals surface area contributed by atoms with Crippen molar-refractivity contribution in [1.82, 2.24) is 15.3 Å². The molecule has 3 N–H and O–H groups in total. The summed E-state index contributed by atoms with van der Waals surface area (Å²) in [7, 11) is 0. The lowest BCUT2D eigenvalue weighted by molar-refractivity contribution is 0.0949. The van der Waals surface area contributed by atoms with Crippen LogP contribution in [0.4, 0.5) is 21.6 Å². The van der Waals surface area contributed by atoms with Crippen molar-refractivity contribution < 1.29 is 9.18 Å². The van der Waals surface area contributed by atoms with Gasteiger partial charge in [-0.3, -0.25) is 4.79 Å². The van der Waals surface area contributed by atoms with Gasteiger partial charge in [0.1, 0.15) is 22.9 Å². The second-order valence-corrected chi connectivity index (χ2v) is 7.74. The molecule has 3 heterocycles. The zero-order chi connectivity index (χ0) is 20.5. The minimum atomic E-state index is -0.622. The van der Waals surface area contributed by atoms with Crippen molar-refractivity contribution in [3.63, 3.8) is 0 Å². The van der Waals surface area contributed by atoms with Gasteiger partial charge < -0.3 is 16.0 Å². The normalized spacial score (nSPS) is 16.6. The van der Waals surface area contributed by atoms with Crippen LogP contribution < -0.4 is 16.0 Å². The Hall–Kier alpha value is -3.33. The van der Waals surface area contributed by atoms with Gasteiger partial charge in [0.15, 0.2) is 0 Å². The molecule has 0 spiro atoms. The Morgan fingerprint density at radius 2 is 2.28 bits per heavy atom. The molecule has 3 aromatic rings. The number of amides is 1. The maximum atomic E-state index is 13.3. The molecule has 1 aromatic carbocycles. The van der Waals surface area contributed by atoms with E-state index in [9.17, 15) is 9.18 Å². The Kier molecular flexibility index (Phi) is 4.98. The van der Waals surface area contributed by atoms with Crippen molar-refractivity contribution in [3.05, 3.63) is 47.5 Å². The molecule has 1 aliphatic heterocycles. The Morgan fingerprint density at radius 1 is 1.45 bits per heavy atom. The molecule has 0 unspecified atom stereocenters. The summed E-state index contributed by atoms with van der Waals surface area (Å²) < 4.78 is 14.2. The molecule has 29 heavy (non-hydrogen) atoms. The molecule has 9 heteroatoms. The first-order valence-electron chi connectivity index (χ1n) is 9.02. The highest BCUT2D eigenvalue weighted by Crippen LogP contribution is 2.42. The van der Waals surface area contributed by atoms with Crippen LogP contribution in [0.1, 0.15) is 29.1 Å². The summed E-state index contributed by atoms with van der Waals surface area (Å²) in [6.07, 6.45) is 2.88. The van der Waals surface area contributed by atoms with E-state index in [2.05, 4.69) is 37.5 Å². The molecule has 0 radical (unpaired) electrons. The van der Waals surface area contributed by atoms with Gasteiger partial charge in [0.2, 0.25) is 5.95 Å². The highest BCUT2D eigenvalue weighted by molar-refractivity contribution is 7.21. The van der Waals surface area contributed by atoms with Gasteiger partial charge in [0, 0.05) is 34.3 Å². The summed E-state index contributed by atoms with van der Waals surface area (Å²) in [6.45, 7) is 8.30. The first-order valence-corrected chi connectivity index (χ1v) is 9.84. The third kappa shape index (κ3) is 3.68. The number of aliphatic imine (C=N–C) groups is 1. The van der Waals surface area contributed by atoms with Crippen molar-refractivity contribution in [2.45, 2.75) is 19.9 Å². The van der Waals surface area contributed by atoms with Crippen molar-refractivity contribution in [2.24, 2.45) is 4.99 Å². The first kappa shape index (κ1) is 19.0. The molecule has 7 nitrogen and oxygen atoms in total. The number of aromatic nitrogens is 2. The quantitative estimate of drug-likeness (QED) is 0.342. The predicted molar refractivity (Wildman–Crippen MR) is 116 cm³/mol. The van der Waals surface area contributed by atoms with Gasteiger partial charge in [-0.05, 0) is 26.0 Å². The average Bonchev–Trinajstić information content (AvgIpc) is 2.98. The second kappa shape index (κ2) is 7.59. The van der Waals surface area contributed by atoms with Gasteiger partial charge in [-0.15, -0.1) is 11.3 Å². The number of nitrogens with zero attached hydrogens (tertiary/aromatic N) is 3. The van der Waals surface area contributed by atoms with E-state index in [-0.39, 0.29) is 11.9 Å². The minimum absolute atomic E-state index is 0.0326. The highest BCUT2D eigenvalue weighted by atomic mass is 32.1. The van der Waals surface area contributed by atoms with Gasteiger partial charge in [-0.1, -0.05) is 12.7 Å². The number of carbonyl (C=O) groups excluding carboxylic acids is 1. The van der Waals surface area contributed by atoms with Gasteiger partial charge in [0.25, 0.3) is 5.91 Å². The Morgan fingerprint density at radius 3 is 3.03 bits per heavy atom. The van der Waals surface area contributed by atoms with Crippen LogP contribution in [0.3, 0.4) is 0 Å². The van der Waals surface area contributed by atoms with Crippen LogP contribution in [0.2, 0.25) is 0 Å². The Labute approximate surface area is 170 Å². The molecule has 0 saturated heterocycles. The van der Waals surface area contributed by atoms with E-state index in [1.54, 1.807) is 13.0 Å². The Balaban J connectivity index is 1.78. The number of rotatable bonds is 3. The summed E-state index contributed by atoms with van der Waals surface area (Å²) in [5, 5.41) is 10.2. The standard InChI is InChI=1S/C20H19FN6OS/c1-4-12-13(26-11(3)27-16-7-15(21)23-9-24-16)5-6-14-17(12)18-19(29-14)20(28)25-10(2)8-22-18/h4-7,9-10,22H,1,8H2,2-3H3,(H,25,28)(H,23,24,26,27)/t10-/m1/s1. The van der Waals surface area contributed by atoms with Crippen LogP contribution in [-0.4, -0.2) is 34.3 Å². The molecule has 1 amide bonds. The highest BCUT2D eigenvalue weighted by Gasteiger charge is 2.25. The van der Waals surface area contributed by atoms with E-state index < -0.39 is 5.95 Å². The number of amidine groups is 1. The molecule has 0 aliphatic carbocycles. The number of hydrogen-bond acceptors (Lipinski definition) is 6.